The Hall–Kier alpha value is -2.24. The van der Waals surface area contributed by atoms with Crippen molar-refractivity contribution < 1.29 is 19.4 Å². The minimum absolute atomic E-state index is 0.357. The van der Waals surface area contributed by atoms with Crippen molar-refractivity contribution in [1.82, 2.24) is 5.32 Å². The summed E-state index contributed by atoms with van der Waals surface area (Å²) in [4.78, 5) is 21.9. The van der Waals surface area contributed by atoms with E-state index < -0.39 is 18.0 Å². The molecule has 2 amide bonds. The maximum atomic E-state index is 11.2. The number of carbonyl (C=O) groups is 2. The number of primary amides is 1. The van der Waals surface area contributed by atoms with E-state index in [1.165, 1.54) is 0 Å². The first-order valence-corrected chi connectivity index (χ1v) is 5.38. The lowest BCUT2D eigenvalue weighted by atomic mass is 9.93. The number of carboxylic acid groups (broad SMARTS) is 1. The zero-order valence-electron chi connectivity index (χ0n) is 10.2. The van der Waals surface area contributed by atoms with Crippen molar-refractivity contribution in [2.24, 2.45) is 5.73 Å². The fourth-order valence-corrected chi connectivity index (χ4v) is 1.68. The average molecular weight is 252 g/mol. The molecule has 0 fully saturated rings. The van der Waals surface area contributed by atoms with E-state index in [2.05, 4.69) is 5.32 Å². The molecule has 0 radical (unpaired) electrons. The first-order valence-electron chi connectivity index (χ1n) is 5.38. The van der Waals surface area contributed by atoms with Crippen LogP contribution in [0.1, 0.15) is 18.4 Å². The number of amides is 2. The zero-order valence-corrected chi connectivity index (χ0v) is 10.2. The molecule has 1 aromatic rings. The molecule has 6 nitrogen and oxygen atoms in total. The molecule has 1 aromatic carbocycles. The molecule has 0 heterocycles. The van der Waals surface area contributed by atoms with Gasteiger partial charge in [-0.15, -0.1) is 0 Å². The molecule has 0 saturated heterocycles. The molecular formula is C12H16N2O4. The molecule has 0 aliphatic rings. The summed E-state index contributed by atoms with van der Waals surface area (Å²) in [5, 5.41) is 10.8. The minimum atomic E-state index is -1.28. The summed E-state index contributed by atoms with van der Waals surface area (Å²) in [5.41, 5.74) is 5.99. The molecule has 6 heteroatoms. The highest BCUT2D eigenvalue weighted by Crippen LogP contribution is 2.22. The number of benzene rings is 1. The van der Waals surface area contributed by atoms with Crippen LogP contribution < -0.4 is 15.8 Å². The summed E-state index contributed by atoms with van der Waals surface area (Å²) in [7, 11) is 1.55. The van der Waals surface area contributed by atoms with Crippen LogP contribution in [0.5, 0.6) is 5.75 Å². The quantitative estimate of drug-likeness (QED) is 0.725. The van der Waals surface area contributed by atoms with Gasteiger partial charge in [-0.1, -0.05) is 19.1 Å². The van der Waals surface area contributed by atoms with Crippen LogP contribution in [0.2, 0.25) is 0 Å². The molecular weight excluding hydrogens is 236 g/mol. The Morgan fingerprint density at radius 2 is 1.89 bits per heavy atom. The van der Waals surface area contributed by atoms with E-state index in [0.717, 1.165) is 5.56 Å². The average Bonchev–Trinajstić information content (AvgIpc) is 2.34. The molecule has 2 atom stereocenters. The number of methoxy groups -OCH3 is 1. The summed E-state index contributed by atoms with van der Waals surface area (Å²) in [6.07, 6.45) is -1.28. The Bertz CT molecular complexity index is 430. The molecule has 0 spiro atoms. The molecule has 1 rings (SSSR count). The van der Waals surface area contributed by atoms with Crippen molar-refractivity contribution in [3.05, 3.63) is 29.8 Å². The Morgan fingerprint density at radius 3 is 2.28 bits per heavy atom. The lowest BCUT2D eigenvalue weighted by Gasteiger charge is -2.21. The van der Waals surface area contributed by atoms with Crippen molar-refractivity contribution >= 4 is 12.0 Å². The third-order valence-corrected chi connectivity index (χ3v) is 2.73. The van der Waals surface area contributed by atoms with Gasteiger partial charge in [0.15, 0.2) is 0 Å². The van der Waals surface area contributed by atoms with Crippen molar-refractivity contribution in [3.8, 4) is 5.75 Å². The second-order valence-electron chi connectivity index (χ2n) is 3.89. The van der Waals surface area contributed by atoms with Gasteiger partial charge in [-0.05, 0) is 17.7 Å². The first-order chi connectivity index (χ1) is 8.45. The molecule has 98 valence electrons. The van der Waals surface area contributed by atoms with Crippen LogP contribution >= 0.6 is 0 Å². The Kier molecular flexibility index (Phi) is 4.53. The number of nitrogens with one attached hydrogen (secondary N) is 1. The molecule has 0 aliphatic heterocycles. The van der Waals surface area contributed by atoms with Crippen molar-refractivity contribution in [3.63, 3.8) is 0 Å². The summed E-state index contributed by atoms with van der Waals surface area (Å²) in [6.45, 7) is 1.73. The summed E-state index contributed by atoms with van der Waals surface area (Å²) >= 11 is 0. The van der Waals surface area contributed by atoms with Crippen LogP contribution in [0.3, 0.4) is 0 Å². The maximum Gasteiger partial charge on any atom is 0.405 e. The summed E-state index contributed by atoms with van der Waals surface area (Å²) in [5.74, 6) is -0.377. The summed E-state index contributed by atoms with van der Waals surface area (Å²) in [6, 6.07) is 6.05. The Morgan fingerprint density at radius 1 is 1.33 bits per heavy atom. The van der Waals surface area contributed by atoms with Gasteiger partial charge in [0.25, 0.3) is 0 Å². The Balaban J connectivity index is 2.90. The molecule has 0 unspecified atom stereocenters. The SMILES string of the molecule is COc1ccc([C@H](C)[C@H](NC(=O)O)C(N)=O)cc1. The van der Waals surface area contributed by atoms with Crippen LogP contribution in [-0.2, 0) is 4.79 Å². The summed E-state index contributed by atoms with van der Waals surface area (Å²) < 4.78 is 5.02. The van der Waals surface area contributed by atoms with E-state index in [-0.39, 0.29) is 5.92 Å². The van der Waals surface area contributed by atoms with E-state index in [9.17, 15) is 9.59 Å². The molecule has 0 saturated carbocycles. The lowest BCUT2D eigenvalue weighted by molar-refractivity contribution is -0.120. The molecule has 0 aromatic heterocycles. The molecule has 0 bridgehead atoms. The highest BCUT2D eigenvalue weighted by atomic mass is 16.5. The van der Waals surface area contributed by atoms with Crippen LogP contribution in [0.15, 0.2) is 24.3 Å². The van der Waals surface area contributed by atoms with E-state index >= 15 is 0 Å². The van der Waals surface area contributed by atoms with E-state index in [1.807, 2.05) is 0 Å². The number of hydrogen-bond acceptors (Lipinski definition) is 3. The van der Waals surface area contributed by atoms with Gasteiger partial charge in [-0.2, -0.15) is 0 Å². The predicted molar refractivity (Wildman–Crippen MR) is 65.6 cm³/mol. The maximum absolute atomic E-state index is 11.2. The highest BCUT2D eigenvalue weighted by molar-refractivity contribution is 5.84. The molecule has 18 heavy (non-hydrogen) atoms. The number of ether oxygens (including phenoxy) is 1. The van der Waals surface area contributed by atoms with Crippen LogP contribution in [0, 0.1) is 0 Å². The van der Waals surface area contributed by atoms with Gasteiger partial charge in [-0.25, -0.2) is 4.79 Å². The van der Waals surface area contributed by atoms with E-state index in [4.69, 9.17) is 15.6 Å². The van der Waals surface area contributed by atoms with Crippen LogP contribution in [-0.4, -0.2) is 30.3 Å². The number of carbonyl (C=O) groups excluding carboxylic acids is 1. The smallest absolute Gasteiger partial charge is 0.405 e. The Labute approximate surface area is 105 Å². The van der Waals surface area contributed by atoms with Crippen molar-refractivity contribution in [2.75, 3.05) is 7.11 Å². The topological polar surface area (TPSA) is 102 Å². The number of rotatable bonds is 5. The first kappa shape index (κ1) is 13.8. The minimum Gasteiger partial charge on any atom is -0.497 e. The fourth-order valence-electron chi connectivity index (χ4n) is 1.68. The molecule has 0 aliphatic carbocycles. The van der Waals surface area contributed by atoms with Gasteiger partial charge in [0.2, 0.25) is 5.91 Å². The monoisotopic (exact) mass is 252 g/mol. The third kappa shape index (κ3) is 3.38. The van der Waals surface area contributed by atoms with Gasteiger partial charge >= 0.3 is 6.09 Å². The van der Waals surface area contributed by atoms with E-state index in [1.54, 1.807) is 38.3 Å². The fraction of sp³-hybridized carbons (Fsp3) is 0.333. The van der Waals surface area contributed by atoms with Crippen molar-refractivity contribution in [1.29, 1.82) is 0 Å². The van der Waals surface area contributed by atoms with Gasteiger partial charge in [0, 0.05) is 5.92 Å². The number of nitrogens with two attached hydrogens (primary N) is 1. The number of hydrogen-bond donors (Lipinski definition) is 3. The van der Waals surface area contributed by atoms with Crippen LogP contribution in [0.4, 0.5) is 4.79 Å². The largest absolute Gasteiger partial charge is 0.497 e. The van der Waals surface area contributed by atoms with Crippen LogP contribution in [0.25, 0.3) is 0 Å². The third-order valence-electron chi connectivity index (χ3n) is 2.73. The van der Waals surface area contributed by atoms with E-state index in [0.29, 0.717) is 5.75 Å². The van der Waals surface area contributed by atoms with Gasteiger partial charge in [-0.3, -0.25) is 4.79 Å². The van der Waals surface area contributed by atoms with Gasteiger partial charge in [0.1, 0.15) is 11.8 Å². The zero-order chi connectivity index (χ0) is 13.7. The predicted octanol–water partition coefficient (Wildman–Crippen LogP) is 0.920. The lowest BCUT2D eigenvalue weighted by Crippen LogP contribution is -2.47. The highest BCUT2D eigenvalue weighted by Gasteiger charge is 2.25. The normalized spacial score (nSPS) is 13.4. The van der Waals surface area contributed by atoms with Gasteiger partial charge < -0.3 is 20.9 Å². The second-order valence-corrected chi connectivity index (χ2v) is 3.89. The van der Waals surface area contributed by atoms with Gasteiger partial charge in [0.05, 0.1) is 7.11 Å². The second kappa shape index (κ2) is 5.90. The standard InChI is InChI=1S/C12H16N2O4/c1-7(10(11(13)15)14-12(16)17)8-3-5-9(18-2)6-4-8/h3-7,10,14H,1-2H3,(H2,13,15)(H,16,17)/t7-,10-/m0/s1. The molecule has 4 N–H and O–H groups in total. The van der Waals surface area contributed by atoms with Crippen molar-refractivity contribution in [2.45, 2.75) is 18.9 Å².